The summed E-state index contributed by atoms with van der Waals surface area (Å²) in [5.74, 6) is 0.144. The Kier molecular flexibility index (Phi) is 4.73. The molecule has 98 valence electrons. The maximum Gasteiger partial charge on any atom is 0.161 e. The van der Waals surface area contributed by atoms with E-state index in [9.17, 15) is 4.79 Å². The lowest BCUT2D eigenvalue weighted by molar-refractivity contribution is -0.114. The Morgan fingerprint density at radius 1 is 1.44 bits per heavy atom. The lowest BCUT2D eigenvalue weighted by Gasteiger charge is -2.21. The number of nitrogens with zero attached hydrogens (tertiary/aromatic N) is 2. The molecule has 1 saturated carbocycles. The van der Waals surface area contributed by atoms with Crippen LogP contribution in [0.2, 0.25) is 0 Å². The van der Waals surface area contributed by atoms with Crippen LogP contribution in [0.4, 0.5) is 0 Å². The molecular formula is C15H22N2O. The van der Waals surface area contributed by atoms with E-state index in [-0.39, 0.29) is 5.78 Å². The summed E-state index contributed by atoms with van der Waals surface area (Å²) in [5, 5.41) is 4.54. The molecule has 3 heteroatoms. The van der Waals surface area contributed by atoms with Crippen molar-refractivity contribution in [2.24, 2.45) is 0 Å². The van der Waals surface area contributed by atoms with Crippen LogP contribution >= 0.6 is 0 Å². The molecule has 0 radical (unpaired) electrons. The van der Waals surface area contributed by atoms with E-state index in [1.807, 2.05) is 25.3 Å². The highest BCUT2D eigenvalue weighted by atomic mass is 16.1. The fraction of sp³-hybridized carbons (Fsp3) is 0.600. The normalized spacial score (nSPS) is 17.4. The predicted molar refractivity (Wildman–Crippen MR) is 72.5 cm³/mol. The van der Waals surface area contributed by atoms with Gasteiger partial charge in [0, 0.05) is 6.20 Å². The van der Waals surface area contributed by atoms with E-state index < -0.39 is 0 Å². The van der Waals surface area contributed by atoms with E-state index in [1.54, 1.807) is 6.08 Å². The molecule has 2 rings (SSSR count). The monoisotopic (exact) mass is 246 g/mol. The number of ketones is 1. The van der Waals surface area contributed by atoms with Crippen molar-refractivity contribution >= 4 is 5.78 Å². The SMILES string of the molecule is CC/C=C/C(=O)Cc1ccn(C2CCCCC2)n1. The van der Waals surface area contributed by atoms with Gasteiger partial charge in [-0.2, -0.15) is 5.10 Å². The van der Waals surface area contributed by atoms with Crippen molar-refractivity contribution in [3.63, 3.8) is 0 Å². The summed E-state index contributed by atoms with van der Waals surface area (Å²) in [6, 6.07) is 2.53. The van der Waals surface area contributed by atoms with Gasteiger partial charge in [-0.1, -0.05) is 32.3 Å². The molecule has 0 saturated heterocycles. The number of carbonyl (C=O) groups is 1. The van der Waals surface area contributed by atoms with Crippen LogP contribution in [0.3, 0.4) is 0 Å². The summed E-state index contributed by atoms with van der Waals surface area (Å²) < 4.78 is 2.06. The minimum Gasteiger partial charge on any atom is -0.294 e. The third-order valence-corrected chi connectivity index (χ3v) is 3.51. The first-order valence-corrected chi connectivity index (χ1v) is 7.03. The first-order chi connectivity index (χ1) is 8.79. The summed E-state index contributed by atoms with van der Waals surface area (Å²) >= 11 is 0. The van der Waals surface area contributed by atoms with Crippen LogP contribution in [-0.4, -0.2) is 15.6 Å². The van der Waals surface area contributed by atoms with Gasteiger partial charge in [0.25, 0.3) is 0 Å². The van der Waals surface area contributed by atoms with Gasteiger partial charge in [0.2, 0.25) is 0 Å². The molecule has 0 unspecified atom stereocenters. The molecule has 1 aromatic heterocycles. The van der Waals surface area contributed by atoms with Crippen molar-refractivity contribution in [3.8, 4) is 0 Å². The molecular weight excluding hydrogens is 224 g/mol. The van der Waals surface area contributed by atoms with Gasteiger partial charge in [0.15, 0.2) is 5.78 Å². The summed E-state index contributed by atoms with van der Waals surface area (Å²) in [6.07, 6.45) is 13.3. The maximum atomic E-state index is 11.6. The molecule has 1 fully saturated rings. The number of aromatic nitrogens is 2. The fourth-order valence-electron chi connectivity index (χ4n) is 2.51. The molecule has 0 N–H and O–H groups in total. The second-order valence-electron chi connectivity index (χ2n) is 5.03. The topological polar surface area (TPSA) is 34.9 Å². The molecule has 0 spiro atoms. The molecule has 1 aromatic rings. The van der Waals surface area contributed by atoms with Crippen LogP contribution < -0.4 is 0 Å². The van der Waals surface area contributed by atoms with Crippen molar-refractivity contribution in [1.82, 2.24) is 9.78 Å². The number of rotatable bonds is 5. The highest BCUT2D eigenvalue weighted by Crippen LogP contribution is 2.27. The van der Waals surface area contributed by atoms with Crippen molar-refractivity contribution < 1.29 is 4.79 Å². The van der Waals surface area contributed by atoms with Crippen LogP contribution in [0.25, 0.3) is 0 Å². The number of hydrogen-bond acceptors (Lipinski definition) is 2. The zero-order valence-electron chi connectivity index (χ0n) is 11.1. The van der Waals surface area contributed by atoms with E-state index in [1.165, 1.54) is 32.1 Å². The molecule has 1 aliphatic carbocycles. The number of allylic oxidation sites excluding steroid dienone is 2. The molecule has 1 heterocycles. The minimum absolute atomic E-state index is 0.144. The molecule has 0 atom stereocenters. The fourth-order valence-corrected chi connectivity index (χ4v) is 2.51. The highest BCUT2D eigenvalue weighted by molar-refractivity contribution is 5.91. The largest absolute Gasteiger partial charge is 0.294 e. The predicted octanol–water partition coefficient (Wildman–Crippen LogP) is 3.47. The van der Waals surface area contributed by atoms with E-state index in [2.05, 4.69) is 9.78 Å². The molecule has 18 heavy (non-hydrogen) atoms. The third kappa shape index (κ3) is 3.56. The van der Waals surface area contributed by atoms with Gasteiger partial charge in [-0.15, -0.1) is 0 Å². The van der Waals surface area contributed by atoms with Crippen LogP contribution in [0.15, 0.2) is 24.4 Å². The number of hydrogen-bond donors (Lipinski definition) is 0. The second-order valence-corrected chi connectivity index (χ2v) is 5.03. The van der Waals surface area contributed by atoms with Crippen molar-refractivity contribution in [2.45, 2.75) is 57.9 Å². The quantitative estimate of drug-likeness (QED) is 0.746. The Bertz CT molecular complexity index is 414. The zero-order chi connectivity index (χ0) is 12.8. The van der Waals surface area contributed by atoms with Gasteiger partial charge in [0.05, 0.1) is 18.2 Å². The number of carbonyl (C=O) groups excluding carboxylic acids is 1. The van der Waals surface area contributed by atoms with Gasteiger partial charge in [-0.25, -0.2) is 0 Å². The van der Waals surface area contributed by atoms with E-state index in [0.717, 1.165) is 12.1 Å². The van der Waals surface area contributed by atoms with Crippen LogP contribution in [0, 0.1) is 0 Å². The lowest BCUT2D eigenvalue weighted by atomic mass is 9.96. The van der Waals surface area contributed by atoms with Gasteiger partial charge in [-0.05, 0) is 31.4 Å². The van der Waals surface area contributed by atoms with Gasteiger partial charge < -0.3 is 0 Å². The molecule has 0 aromatic carbocycles. The summed E-state index contributed by atoms with van der Waals surface area (Å²) in [5.41, 5.74) is 0.895. The Morgan fingerprint density at radius 2 is 2.22 bits per heavy atom. The molecule has 1 aliphatic rings. The Balaban J connectivity index is 1.93. The van der Waals surface area contributed by atoms with Crippen LogP contribution in [-0.2, 0) is 11.2 Å². The first kappa shape index (κ1) is 13.1. The van der Waals surface area contributed by atoms with Crippen molar-refractivity contribution in [3.05, 3.63) is 30.1 Å². The molecule has 0 aliphatic heterocycles. The zero-order valence-corrected chi connectivity index (χ0v) is 11.1. The standard InChI is InChI=1S/C15H22N2O/c1-2-3-9-15(18)12-13-10-11-17(16-13)14-7-5-4-6-8-14/h3,9-11,14H,2,4-8,12H2,1H3/b9-3+. The van der Waals surface area contributed by atoms with E-state index in [0.29, 0.717) is 12.5 Å². The minimum atomic E-state index is 0.144. The third-order valence-electron chi connectivity index (χ3n) is 3.51. The van der Waals surface area contributed by atoms with Gasteiger partial charge in [0.1, 0.15) is 0 Å². The van der Waals surface area contributed by atoms with Crippen LogP contribution in [0.5, 0.6) is 0 Å². The van der Waals surface area contributed by atoms with Crippen molar-refractivity contribution in [1.29, 1.82) is 0 Å². The molecule has 0 amide bonds. The Hall–Kier alpha value is -1.38. The summed E-state index contributed by atoms with van der Waals surface area (Å²) in [6.45, 7) is 2.03. The van der Waals surface area contributed by atoms with E-state index in [4.69, 9.17) is 0 Å². The highest BCUT2D eigenvalue weighted by Gasteiger charge is 2.16. The van der Waals surface area contributed by atoms with Crippen molar-refractivity contribution in [2.75, 3.05) is 0 Å². The average Bonchev–Trinajstić information content (AvgIpc) is 2.86. The van der Waals surface area contributed by atoms with Gasteiger partial charge in [-0.3, -0.25) is 9.48 Å². The summed E-state index contributed by atoms with van der Waals surface area (Å²) in [4.78, 5) is 11.6. The van der Waals surface area contributed by atoms with E-state index >= 15 is 0 Å². The Labute approximate surface area is 109 Å². The first-order valence-electron chi connectivity index (χ1n) is 7.03. The van der Waals surface area contributed by atoms with Crippen LogP contribution in [0.1, 0.15) is 57.2 Å². The lowest BCUT2D eigenvalue weighted by Crippen LogP contribution is -2.13. The molecule has 3 nitrogen and oxygen atoms in total. The maximum absolute atomic E-state index is 11.6. The van der Waals surface area contributed by atoms with Gasteiger partial charge >= 0.3 is 0 Å². The average molecular weight is 246 g/mol. The molecule has 0 bridgehead atoms. The second kappa shape index (κ2) is 6.53. The Morgan fingerprint density at radius 3 is 2.94 bits per heavy atom. The summed E-state index contributed by atoms with van der Waals surface area (Å²) in [7, 11) is 0. The smallest absolute Gasteiger partial charge is 0.161 e.